The third-order valence-corrected chi connectivity index (χ3v) is 4.64. The number of halogens is 1. The highest BCUT2D eigenvalue weighted by molar-refractivity contribution is 6.08. The van der Waals surface area contributed by atoms with Crippen LogP contribution in [0.5, 0.6) is 11.5 Å². The molecule has 3 rings (SSSR count). The van der Waals surface area contributed by atoms with Gasteiger partial charge in [-0.15, -0.1) is 0 Å². The molecule has 0 aliphatic carbocycles. The van der Waals surface area contributed by atoms with Gasteiger partial charge in [0.1, 0.15) is 22.9 Å². The van der Waals surface area contributed by atoms with E-state index >= 15 is 0 Å². The van der Waals surface area contributed by atoms with Gasteiger partial charge in [-0.05, 0) is 47.5 Å². The molecule has 0 unspecified atom stereocenters. The molecule has 5 heteroatoms. The molecular formula is C22H20FNO3. The van der Waals surface area contributed by atoms with Crippen LogP contribution in [-0.2, 0) is 5.41 Å². The van der Waals surface area contributed by atoms with Gasteiger partial charge in [0.05, 0.1) is 0 Å². The van der Waals surface area contributed by atoms with Gasteiger partial charge in [0.15, 0.2) is 0 Å². The third kappa shape index (κ3) is 3.77. The highest BCUT2D eigenvalue weighted by atomic mass is 19.1. The van der Waals surface area contributed by atoms with Crippen LogP contribution in [0.15, 0.2) is 66.7 Å². The molecule has 0 heterocycles. The quantitative estimate of drug-likeness (QED) is 0.621. The van der Waals surface area contributed by atoms with Crippen molar-refractivity contribution in [2.75, 3.05) is 5.32 Å². The molecule has 27 heavy (non-hydrogen) atoms. The minimum Gasteiger partial charge on any atom is -0.507 e. The highest BCUT2D eigenvalue weighted by Gasteiger charge is 2.27. The van der Waals surface area contributed by atoms with Gasteiger partial charge in [0, 0.05) is 11.1 Å². The molecule has 0 aliphatic heterocycles. The van der Waals surface area contributed by atoms with Gasteiger partial charge in [0.2, 0.25) is 0 Å². The van der Waals surface area contributed by atoms with Crippen LogP contribution >= 0.6 is 0 Å². The standard InChI is InChI=1S/C22H20FNO3/c1-22(2,14-8-10-16(23)11-9-14)15-12-18(25)20(19(26)13-15)21(27)24-17-6-4-3-5-7-17/h3-13,25-26H,1-2H3,(H,24,27). The van der Waals surface area contributed by atoms with Gasteiger partial charge in [-0.25, -0.2) is 4.39 Å². The largest absolute Gasteiger partial charge is 0.507 e. The summed E-state index contributed by atoms with van der Waals surface area (Å²) in [5.74, 6) is -1.60. The van der Waals surface area contributed by atoms with Crippen molar-refractivity contribution in [2.45, 2.75) is 19.3 Å². The minimum absolute atomic E-state index is 0.197. The molecule has 4 nitrogen and oxygen atoms in total. The second-order valence-corrected chi connectivity index (χ2v) is 6.84. The van der Waals surface area contributed by atoms with Crippen molar-refractivity contribution in [2.24, 2.45) is 0 Å². The lowest BCUT2D eigenvalue weighted by atomic mass is 9.77. The summed E-state index contributed by atoms with van der Waals surface area (Å²) in [6.07, 6.45) is 0. The first-order valence-corrected chi connectivity index (χ1v) is 8.48. The summed E-state index contributed by atoms with van der Waals surface area (Å²) in [5.41, 5.74) is 1.15. The van der Waals surface area contributed by atoms with Crippen molar-refractivity contribution >= 4 is 11.6 Å². The highest BCUT2D eigenvalue weighted by Crippen LogP contribution is 2.38. The molecule has 0 aliphatic rings. The Bertz CT molecular complexity index is 944. The summed E-state index contributed by atoms with van der Waals surface area (Å²) < 4.78 is 13.2. The second-order valence-electron chi connectivity index (χ2n) is 6.84. The minimum atomic E-state index is -0.614. The summed E-state index contributed by atoms with van der Waals surface area (Å²) in [6, 6.07) is 17.7. The van der Waals surface area contributed by atoms with Crippen molar-refractivity contribution < 1.29 is 19.4 Å². The number of carbonyl (C=O) groups excluding carboxylic acids is 1. The first-order chi connectivity index (χ1) is 12.8. The predicted octanol–water partition coefficient (Wildman–Crippen LogP) is 4.82. The number of amides is 1. The topological polar surface area (TPSA) is 69.6 Å². The van der Waals surface area contributed by atoms with Gasteiger partial charge in [-0.2, -0.15) is 0 Å². The van der Waals surface area contributed by atoms with E-state index in [1.54, 1.807) is 36.4 Å². The molecule has 1 amide bonds. The predicted molar refractivity (Wildman–Crippen MR) is 103 cm³/mol. The summed E-state index contributed by atoms with van der Waals surface area (Å²) >= 11 is 0. The number of nitrogens with one attached hydrogen (secondary N) is 1. The summed E-state index contributed by atoms with van der Waals surface area (Å²) in [4.78, 5) is 12.5. The number of rotatable bonds is 4. The zero-order valence-corrected chi connectivity index (χ0v) is 15.0. The molecule has 0 fully saturated rings. The van der Waals surface area contributed by atoms with Crippen LogP contribution < -0.4 is 5.32 Å². The van der Waals surface area contributed by atoms with Gasteiger partial charge in [-0.1, -0.05) is 44.2 Å². The smallest absolute Gasteiger partial charge is 0.263 e. The number of aromatic hydroxyl groups is 2. The summed E-state index contributed by atoms with van der Waals surface area (Å²) in [5, 5.41) is 23.4. The summed E-state index contributed by atoms with van der Waals surface area (Å²) in [7, 11) is 0. The molecule has 0 saturated heterocycles. The van der Waals surface area contributed by atoms with E-state index in [1.165, 1.54) is 24.3 Å². The lowest BCUT2D eigenvalue weighted by Crippen LogP contribution is -2.20. The van der Waals surface area contributed by atoms with Crippen LogP contribution in [0.2, 0.25) is 0 Å². The molecule has 138 valence electrons. The van der Waals surface area contributed by atoms with Crippen molar-refractivity contribution in [3.8, 4) is 11.5 Å². The number of phenols is 2. The van der Waals surface area contributed by atoms with E-state index in [4.69, 9.17) is 0 Å². The maximum atomic E-state index is 13.2. The van der Waals surface area contributed by atoms with Gasteiger partial charge in [0.25, 0.3) is 5.91 Å². The first-order valence-electron chi connectivity index (χ1n) is 8.48. The van der Waals surface area contributed by atoms with E-state index in [9.17, 15) is 19.4 Å². The first kappa shape index (κ1) is 18.5. The number of para-hydroxylation sites is 1. The molecule has 0 saturated carbocycles. The van der Waals surface area contributed by atoms with Gasteiger partial charge < -0.3 is 15.5 Å². The van der Waals surface area contributed by atoms with Gasteiger partial charge in [-0.3, -0.25) is 4.79 Å². The van der Waals surface area contributed by atoms with Crippen molar-refractivity contribution in [1.82, 2.24) is 0 Å². The molecule has 3 aromatic carbocycles. The average Bonchev–Trinajstić information content (AvgIpc) is 2.62. The van der Waals surface area contributed by atoms with Crippen LogP contribution in [0.1, 0.15) is 35.3 Å². The third-order valence-electron chi connectivity index (χ3n) is 4.64. The fourth-order valence-corrected chi connectivity index (χ4v) is 2.95. The Labute approximate surface area is 156 Å². The average molecular weight is 365 g/mol. The van der Waals surface area contributed by atoms with E-state index in [1.807, 2.05) is 19.9 Å². The van der Waals surface area contributed by atoms with Crippen molar-refractivity contribution in [3.63, 3.8) is 0 Å². The Morgan fingerprint density at radius 2 is 1.44 bits per heavy atom. The normalized spacial score (nSPS) is 11.2. The summed E-state index contributed by atoms with van der Waals surface area (Å²) in [6.45, 7) is 3.77. The van der Waals surface area contributed by atoms with Crippen LogP contribution in [0.3, 0.4) is 0 Å². The molecule has 3 aromatic rings. The molecule has 0 spiro atoms. The van der Waals surface area contributed by atoms with E-state index in [0.29, 0.717) is 11.3 Å². The molecule has 0 radical (unpaired) electrons. The Hall–Kier alpha value is -3.34. The molecule has 0 bridgehead atoms. The van der Waals surface area contributed by atoms with Crippen LogP contribution in [0.25, 0.3) is 0 Å². The second kappa shape index (κ2) is 7.11. The Kier molecular flexibility index (Phi) is 4.86. The zero-order valence-electron chi connectivity index (χ0n) is 15.0. The lowest BCUT2D eigenvalue weighted by molar-refractivity contribution is 0.102. The molecule has 3 N–H and O–H groups in total. The molecule has 0 atom stereocenters. The van der Waals surface area contributed by atoms with Gasteiger partial charge >= 0.3 is 0 Å². The van der Waals surface area contributed by atoms with Crippen molar-refractivity contribution in [3.05, 3.63) is 89.2 Å². The number of anilines is 1. The van der Waals surface area contributed by atoms with E-state index in [2.05, 4.69) is 5.32 Å². The number of hydrogen-bond acceptors (Lipinski definition) is 3. The Balaban J connectivity index is 1.95. The van der Waals surface area contributed by atoms with Crippen LogP contribution in [0.4, 0.5) is 10.1 Å². The number of carbonyl (C=O) groups is 1. The fraction of sp³-hybridized carbons (Fsp3) is 0.136. The Morgan fingerprint density at radius 3 is 2.00 bits per heavy atom. The SMILES string of the molecule is CC(C)(c1ccc(F)cc1)c1cc(O)c(C(=O)Nc2ccccc2)c(O)c1. The number of hydrogen-bond donors (Lipinski definition) is 3. The number of phenolic OH excluding ortho intramolecular Hbond substituents is 2. The maximum absolute atomic E-state index is 13.2. The van der Waals surface area contributed by atoms with E-state index in [-0.39, 0.29) is 22.9 Å². The van der Waals surface area contributed by atoms with Crippen molar-refractivity contribution in [1.29, 1.82) is 0 Å². The van der Waals surface area contributed by atoms with E-state index < -0.39 is 11.3 Å². The van der Waals surface area contributed by atoms with Crippen LogP contribution in [-0.4, -0.2) is 16.1 Å². The fourth-order valence-electron chi connectivity index (χ4n) is 2.95. The monoisotopic (exact) mass is 365 g/mol. The van der Waals surface area contributed by atoms with Crippen LogP contribution in [0, 0.1) is 5.82 Å². The van der Waals surface area contributed by atoms with E-state index in [0.717, 1.165) is 5.56 Å². The molecule has 0 aromatic heterocycles. The molecular weight excluding hydrogens is 345 g/mol. The zero-order chi connectivity index (χ0) is 19.6. The maximum Gasteiger partial charge on any atom is 0.263 e. The Morgan fingerprint density at radius 1 is 0.889 bits per heavy atom. The number of benzene rings is 3. The lowest BCUT2D eigenvalue weighted by Gasteiger charge is -2.27.